The van der Waals surface area contributed by atoms with Gasteiger partial charge in [0.25, 0.3) is 7.41 Å². The van der Waals surface area contributed by atoms with Crippen LogP contribution in [0.3, 0.4) is 0 Å². The van der Waals surface area contributed by atoms with Gasteiger partial charge in [0.1, 0.15) is 0 Å². The van der Waals surface area contributed by atoms with E-state index < -0.39 is 0 Å². The molecule has 1 radical (unpaired) electrons. The van der Waals surface area contributed by atoms with Crippen molar-refractivity contribution in [2.75, 3.05) is 59.8 Å². The van der Waals surface area contributed by atoms with Crippen LogP contribution in [0.4, 0.5) is 0 Å². The van der Waals surface area contributed by atoms with E-state index in [1.807, 2.05) is 7.05 Å². The SMILES string of the molecule is CN([B]C=O)CCOCCOCCOCCN=[N+]=[N-]. The number of carbonyl (C=O) groups is 1. The molecule has 8 nitrogen and oxygen atoms in total. The van der Waals surface area contributed by atoms with Crippen molar-refractivity contribution >= 4 is 13.6 Å². The Labute approximate surface area is 113 Å². The van der Waals surface area contributed by atoms with Gasteiger partial charge in [-0.2, -0.15) is 0 Å². The van der Waals surface area contributed by atoms with Gasteiger partial charge in [0.05, 0.1) is 45.8 Å². The second-order valence-electron chi connectivity index (χ2n) is 3.56. The summed E-state index contributed by atoms with van der Waals surface area (Å²) in [7, 11) is 3.26. The number of hydrogen-bond acceptors (Lipinski definition) is 6. The van der Waals surface area contributed by atoms with Crippen molar-refractivity contribution in [1.29, 1.82) is 0 Å². The number of nitrogens with zero attached hydrogens (tertiary/aromatic N) is 4. The molecule has 0 aliphatic carbocycles. The Morgan fingerprint density at radius 1 is 1.16 bits per heavy atom. The Balaban J connectivity index is 3.06. The molecule has 0 rings (SSSR count). The Bertz CT molecular complexity index is 264. The van der Waals surface area contributed by atoms with Gasteiger partial charge in [-0.25, -0.2) is 0 Å². The minimum atomic E-state index is 0.338. The molecule has 0 aromatic heterocycles. The lowest BCUT2D eigenvalue weighted by Gasteiger charge is -2.12. The summed E-state index contributed by atoms with van der Waals surface area (Å²) in [4.78, 5) is 14.5. The van der Waals surface area contributed by atoms with Gasteiger partial charge in [-0.1, -0.05) is 5.11 Å². The van der Waals surface area contributed by atoms with Crippen LogP contribution in [0.2, 0.25) is 0 Å². The molecule has 0 atom stereocenters. The van der Waals surface area contributed by atoms with E-state index in [0.717, 1.165) is 6.19 Å². The molecule has 0 heterocycles. The molecule has 0 unspecified atom stereocenters. The molecule has 0 amide bonds. The lowest BCUT2D eigenvalue weighted by atomic mass is 9.96. The quantitative estimate of drug-likeness (QED) is 0.111. The van der Waals surface area contributed by atoms with E-state index in [1.54, 1.807) is 4.81 Å². The first kappa shape index (κ1) is 17.9. The molecule has 0 aromatic carbocycles. The highest BCUT2D eigenvalue weighted by atomic mass is 16.5. The fourth-order valence-corrected chi connectivity index (χ4v) is 1.08. The lowest BCUT2D eigenvalue weighted by Crippen LogP contribution is -2.28. The van der Waals surface area contributed by atoms with E-state index in [2.05, 4.69) is 10.0 Å². The largest absolute Gasteiger partial charge is 0.379 e. The number of likely N-dealkylation sites (N-methyl/N-ethyl adjacent to an activating group) is 1. The predicted molar refractivity (Wildman–Crippen MR) is 71.6 cm³/mol. The monoisotopic (exact) mass is 271 g/mol. The fraction of sp³-hybridized carbons (Fsp3) is 0.900. The molecular weight excluding hydrogens is 251 g/mol. The topological polar surface area (TPSA) is 96.8 Å². The van der Waals surface area contributed by atoms with Crippen LogP contribution in [0.1, 0.15) is 0 Å². The normalized spacial score (nSPS) is 10.2. The molecule has 0 N–H and O–H groups in total. The van der Waals surface area contributed by atoms with Crippen LogP contribution in [-0.2, 0) is 19.0 Å². The second-order valence-corrected chi connectivity index (χ2v) is 3.56. The molecule has 0 spiro atoms. The molecule has 0 fully saturated rings. The molecule has 9 heteroatoms. The van der Waals surface area contributed by atoms with Crippen molar-refractivity contribution < 1.29 is 19.0 Å². The number of ether oxygens (including phenoxy) is 3. The van der Waals surface area contributed by atoms with Gasteiger partial charge in [-0.05, 0) is 12.6 Å². The minimum absolute atomic E-state index is 0.338. The van der Waals surface area contributed by atoms with Crippen LogP contribution in [0.5, 0.6) is 0 Å². The summed E-state index contributed by atoms with van der Waals surface area (Å²) in [6, 6.07) is 0. The molecule has 0 aliphatic heterocycles. The van der Waals surface area contributed by atoms with E-state index in [9.17, 15) is 4.79 Å². The van der Waals surface area contributed by atoms with Crippen molar-refractivity contribution in [3.8, 4) is 0 Å². The summed E-state index contributed by atoms with van der Waals surface area (Å²) in [6.45, 7) is 3.92. The van der Waals surface area contributed by atoms with Crippen molar-refractivity contribution in [2.45, 2.75) is 0 Å². The predicted octanol–water partition coefficient (Wildman–Crippen LogP) is 0.0877. The maximum atomic E-state index is 10.1. The van der Waals surface area contributed by atoms with Crippen LogP contribution in [-0.4, -0.2) is 78.2 Å². The first-order valence-corrected chi connectivity index (χ1v) is 6.04. The summed E-state index contributed by atoms with van der Waals surface area (Å²) in [5, 5.41) is 3.33. The smallest absolute Gasteiger partial charge is 0.293 e. The highest BCUT2D eigenvalue weighted by Crippen LogP contribution is 1.83. The van der Waals surface area contributed by atoms with Crippen molar-refractivity contribution in [3.05, 3.63) is 10.4 Å². The van der Waals surface area contributed by atoms with E-state index >= 15 is 0 Å². The maximum Gasteiger partial charge on any atom is 0.293 e. The van der Waals surface area contributed by atoms with Gasteiger partial charge >= 0.3 is 0 Å². The number of carbonyl (C=O) groups excluding carboxylic acids is 1. The molecule has 0 saturated carbocycles. The van der Waals surface area contributed by atoms with Crippen molar-refractivity contribution in [3.63, 3.8) is 0 Å². The molecular formula is C10H20BN4O4. The highest BCUT2D eigenvalue weighted by molar-refractivity contribution is 6.64. The molecule has 0 bridgehead atoms. The summed E-state index contributed by atoms with van der Waals surface area (Å²) < 4.78 is 15.7. The van der Waals surface area contributed by atoms with Gasteiger partial charge in [-0.3, -0.25) is 0 Å². The standard InChI is InChI=1S/C10H20BN4O4/c1-15(11-10-16)3-5-18-7-9-19-8-6-17-4-2-13-14-12/h10H,2-9H2,1H3. The number of azide groups is 1. The van der Waals surface area contributed by atoms with Crippen molar-refractivity contribution in [2.24, 2.45) is 5.11 Å². The zero-order chi connectivity index (χ0) is 14.2. The highest BCUT2D eigenvalue weighted by Gasteiger charge is 1.98. The van der Waals surface area contributed by atoms with Crippen LogP contribution in [0.15, 0.2) is 5.11 Å². The van der Waals surface area contributed by atoms with Gasteiger partial charge in [0.15, 0.2) is 0 Å². The van der Waals surface area contributed by atoms with Crippen LogP contribution < -0.4 is 0 Å². The average Bonchev–Trinajstić information content (AvgIpc) is 2.40. The Morgan fingerprint density at radius 3 is 2.32 bits per heavy atom. The van der Waals surface area contributed by atoms with Crippen LogP contribution >= 0.6 is 0 Å². The average molecular weight is 271 g/mol. The molecule has 0 saturated heterocycles. The third-order valence-corrected chi connectivity index (χ3v) is 2.05. The Hall–Kier alpha value is -1.12. The molecule has 107 valence electrons. The zero-order valence-corrected chi connectivity index (χ0v) is 11.2. The van der Waals surface area contributed by atoms with Crippen LogP contribution in [0.25, 0.3) is 10.4 Å². The van der Waals surface area contributed by atoms with Gasteiger partial charge < -0.3 is 23.8 Å². The third-order valence-electron chi connectivity index (χ3n) is 2.05. The fourth-order valence-electron chi connectivity index (χ4n) is 1.08. The number of hydrogen-bond donors (Lipinski definition) is 0. The molecule has 0 aromatic rings. The minimum Gasteiger partial charge on any atom is -0.379 e. The zero-order valence-electron chi connectivity index (χ0n) is 11.2. The van der Waals surface area contributed by atoms with Crippen molar-refractivity contribution in [1.82, 2.24) is 4.81 Å². The second kappa shape index (κ2) is 14.9. The van der Waals surface area contributed by atoms with Gasteiger partial charge in [-0.15, -0.1) is 0 Å². The Morgan fingerprint density at radius 2 is 1.74 bits per heavy atom. The van der Waals surface area contributed by atoms with E-state index in [4.69, 9.17) is 19.7 Å². The molecule has 19 heavy (non-hydrogen) atoms. The summed E-state index contributed by atoms with van der Waals surface area (Å²) in [6.07, 6.45) is 0.741. The molecule has 0 aliphatic rings. The third kappa shape index (κ3) is 14.8. The lowest BCUT2D eigenvalue weighted by molar-refractivity contribution is 0.0150. The van der Waals surface area contributed by atoms with E-state index in [1.165, 1.54) is 7.41 Å². The maximum absolute atomic E-state index is 10.1. The van der Waals surface area contributed by atoms with Gasteiger partial charge in [0, 0.05) is 18.0 Å². The first-order chi connectivity index (χ1) is 9.31. The summed E-state index contributed by atoms with van der Waals surface area (Å²) in [5.74, 6) is 0. The summed E-state index contributed by atoms with van der Waals surface area (Å²) >= 11 is 0. The first-order valence-electron chi connectivity index (χ1n) is 6.04. The van der Waals surface area contributed by atoms with Crippen LogP contribution in [0, 0.1) is 0 Å². The summed E-state index contributed by atoms with van der Waals surface area (Å²) in [5.41, 5.74) is 8.02. The van der Waals surface area contributed by atoms with E-state index in [0.29, 0.717) is 52.7 Å². The number of rotatable bonds is 14. The Kier molecular flexibility index (Phi) is 14.1. The van der Waals surface area contributed by atoms with E-state index in [-0.39, 0.29) is 0 Å². The van der Waals surface area contributed by atoms with Gasteiger partial charge in [0.2, 0.25) is 0 Å².